The van der Waals surface area contributed by atoms with Crippen LogP contribution in [0.1, 0.15) is 12.8 Å². The van der Waals surface area contributed by atoms with E-state index >= 15 is 0 Å². The van der Waals surface area contributed by atoms with Crippen LogP contribution < -0.4 is 9.64 Å². The second-order valence-electron chi connectivity index (χ2n) is 6.37. The molecule has 0 aromatic carbocycles. The van der Waals surface area contributed by atoms with E-state index in [2.05, 4.69) is 25.1 Å². The van der Waals surface area contributed by atoms with Crippen molar-refractivity contribution in [1.29, 1.82) is 0 Å². The molecule has 1 saturated heterocycles. The van der Waals surface area contributed by atoms with Crippen LogP contribution in [0.15, 0.2) is 36.7 Å². The summed E-state index contributed by atoms with van der Waals surface area (Å²) in [7, 11) is 1.90. The Labute approximate surface area is 160 Å². The number of rotatable bonds is 4. The first kappa shape index (κ1) is 17.7. The quantitative estimate of drug-likeness (QED) is 0.640. The van der Waals surface area contributed by atoms with Gasteiger partial charge in [-0.15, -0.1) is 10.2 Å². The van der Waals surface area contributed by atoms with Gasteiger partial charge in [-0.3, -0.25) is 4.57 Å². The fourth-order valence-corrected chi connectivity index (χ4v) is 3.30. The van der Waals surface area contributed by atoms with Crippen molar-refractivity contribution >= 4 is 17.5 Å². The van der Waals surface area contributed by atoms with Crippen LogP contribution in [0, 0.1) is 5.82 Å². The Kier molecular flexibility index (Phi) is 4.89. The molecular formula is C18H18ClFN6O. The molecule has 1 aliphatic rings. The van der Waals surface area contributed by atoms with Gasteiger partial charge >= 0.3 is 0 Å². The van der Waals surface area contributed by atoms with Gasteiger partial charge < -0.3 is 9.64 Å². The van der Waals surface area contributed by atoms with E-state index in [4.69, 9.17) is 16.3 Å². The SMILES string of the molecule is Cn1c(-c2ccc(Cl)nc2)nnc1N1CCCC(Oc2ncccc2F)C1. The molecule has 0 N–H and O–H groups in total. The van der Waals surface area contributed by atoms with Crippen molar-refractivity contribution in [3.63, 3.8) is 0 Å². The summed E-state index contributed by atoms with van der Waals surface area (Å²) in [6.45, 7) is 1.41. The third-order valence-corrected chi connectivity index (χ3v) is 4.73. The van der Waals surface area contributed by atoms with Crippen molar-refractivity contribution < 1.29 is 9.13 Å². The first-order valence-electron chi connectivity index (χ1n) is 8.65. The summed E-state index contributed by atoms with van der Waals surface area (Å²) in [4.78, 5) is 10.2. The van der Waals surface area contributed by atoms with Crippen LogP contribution in [-0.2, 0) is 7.05 Å². The molecule has 0 bridgehead atoms. The van der Waals surface area contributed by atoms with Gasteiger partial charge in [-0.25, -0.2) is 14.4 Å². The molecule has 7 nitrogen and oxygen atoms in total. The van der Waals surface area contributed by atoms with E-state index in [1.807, 2.05) is 17.7 Å². The van der Waals surface area contributed by atoms with Crippen molar-refractivity contribution in [3.8, 4) is 17.3 Å². The topological polar surface area (TPSA) is 69.0 Å². The smallest absolute Gasteiger partial charge is 0.250 e. The number of aromatic nitrogens is 5. The molecule has 9 heteroatoms. The van der Waals surface area contributed by atoms with Gasteiger partial charge in [-0.2, -0.15) is 0 Å². The van der Waals surface area contributed by atoms with E-state index in [0.29, 0.717) is 17.5 Å². The summed E-state index contributed by atoms with van der Waals surface area (Å²) in [6, 6.07) is 6.46. The van der Waals surface area contributed by atoms with Crippen LogP contribution in [-0.4, -0.2) is 43.9 Å². The van der Waals surface area contributed by atoms with Crippen molar-refractivity contribution in [2.45, 2.75) is 18.9 Å². The Hall–Kier alpha value is -2.74. The van der Waals surface area contributed by atoms with E-state index in [1.165, 1.54) is 12.3 Å². The Balaban J connectivity index is 1.52. The Morgan fingerprint density at radius 3 is 2.89 bits per heavy atom. The van der Waals surface area contributed by atoms with E-state index in [9.17, 15) is 4.39 Å². The van der Waals surface area contributed by atoms with Crippen LogP contribution in [0.25, 0.3) is 11.4 Å². The van der Waals surface area contributed by atoms with Gasteiger partial charge in [0.2, 0.25) is 5.95 Å². The lowest BCUT2D eigenvalue weighted by molar-refractivity contribution is 0.163. The minimum atomic E-state index is -0.453. The average Bonchev–Trinajstić information content (AvgIpc) is 3.06. The highest BCUT2D eigenvalue weighted by atomic mass is 35.5. The molecule has 140 valence electrons. The zero-order valence-electron chi connectivity index (χ0n) is 14.7. The Morgan fingerprint density at radius 2 is 2.11 bits per heavy atom. The minimum Gasteiger partial charge on any atom is -0.470 e. The van der Waals surface area contributed by atoms with Crippen LogP contribution in [0.3, 0.4) is 0 Å². The maximum Gasteiger partial charge on any atom is 0.250 e. The first-order chi connectivity index (χ1) is 13.1. The number of ether oxygens (including phenoxy) is 1. The lowest BCUT2D eigenvalue weighted by atomic mass is 10.1. The highest BCUT2D eigenvalue weighted by Gasteiger charge is 2.26. The lowest BCUT2D eigenvalue weighted by Gasteiger charge is -2.32. The number of halogens is 2. The fraction of sp³-hybridized carbons (Fsp3) is 0.333. The van der Waals surface area contributed by atoms with Crippen LogP contribution in [0.5, 0.6) is 5.88 Å². The number of pyridine rings is 2. The van der Waals surface area contributed by atoms with Crippen molar-refractivity contribution in [1.82, 2.24) is 24.7 Å². The largest absolute Gasteiger partial charge is 0.470 e. The Bertz CT molecular complexity index is 932. The molecule has 27 heavy (non-hydrogen) atoms. The van der Waals surface area contributed by atoms with Gasteiger partial charge in [0.15, 0.2) is 11.6 Å². The molecule has 4 heterocycles. The number of nitrogens with zero attached hydrogens (tertiary/aromatic N) is 6. The normalized spacial score (nSPS) is 17.1. The summed E-state index contributed by atoms with van der Waals surface area (Å²) in [5.74, 6) is 1.02. The molecular weight excluding hydrogens is 371 g/mol. The average molecular weight is 389 g/mol. The van der Waals surface area contributed by atoms with Crippen molar-refractivity contribution in [3.05, 3.63) is 47.6 Å². The molecule has 3 aromatic heterocycles. The maximum atomic E-state index is 13.8. The molecule has 0 saturated carbocycles. The van der Waals surface area contributed by atoms with Gasteiger partial charge in [-0.05, 0) is 37.1 Å². The summed E-state index contributed by atoms with van der Waals surface area (Å²) < 4.78 is 21.5. The predicted molar refractivity (Wildman–Crippen MR) is 99.3 cm³/mol. The summed E-state index contributed by atoms with van der Waals surface area (Å²) in [6.07, 6.45) is 4.76. The molecule has 0 amide bonds. The van der Waals surface area contributed by atoms with Crippen molar-refractivity contribution in [2.75, 3.05) is 18.0 Å². The molecule has 1 fully saturated rings. The van der Waals surface area contributed by atoms with Gasteiger partial charge in [0.05, 0.1) is 6.54 Å². The van der Waals surface area contributed by atoms with E-state index in [0.717, 1.165) is 30.9 Å². The van der Waals surface area contributed by atoms with Gasteiger partial charge in [-0.1, -0.05) is 11.6 Å². The third kappa shape index (κ3) is 3.71. The minimum absolute atomic E-state index is 0.0373. The number of anilines is 1. The van der Waals surface area contributed by atoms with E-state index in [1.54, 1.807) is 18.3 Å². The second-order valence-corrected chi connectivity index (χ2v) is 6.76. The van der Waals surface area contributed by atoms with Crippen LogP contribution in [0.2, 0.25) is 5.15 Å². The first-order valence-corrected chi connectivity index (χ1v) is 9.03. The zero-order chi connectivity index (χ0) is 18.8. The highest BCUT2D eigenvalue weighted by Crippen LogP contribution is 2.25. The molecule has 3 aromatic rings. The standard InChI is InChI=1S/C18H18ClFN6O/c1-25-16(12-6-7-15(19)22-10-12)23-24-18(25)26-9-3-4-13(11-26)27-17-14(20)5-2-8-21-17/h2,5-8,10,13H,3-4,9,11H2,1H3. The molecule has 4 rings (SSSR count). The monoisotopic (exact) mass is 388 g/mol. The summed E-state index contributed by atoms with van der Waals surface area (Å²) >= 11 is 5.85. The Morgan fingerprint density at radius 1 is 1.22 bits per heavy atom. The second kappa shape index (κ2) is 7.48. The molecule has 0 spiro atoms. The maximum absolute atomic E-state index is 13.8. The molecule has 0 radical (unpaired) electrons. The van der Waals surface area contributed by atoms with Crippen LogP contribution in [0.4, 0.5) is 10.3 Å². The molecule has 1 unspecified atom stereocenters. The number of hydrogen-bond acceptors (Lipinski definition) is 6. The van der Waals surface area contributed by atoms with Gasteiger partial charge in [0, 0.05) is 31.5 Å². The third-order valence-electron chi connectivity index (χ3n) is 4.50. The summed E-state index contributed by atoms with van der Waals surface area (Å²) in [5, 5.41) is 9.05. The molecule has 1 aliphatic heterocycles. The molecule has 1 atom stereocenters. The van der Waals surface area contributed by atoms with Crippen molar-refractivity contribution in [2.24, 2.45) is 7.05 Å². The number of hydrogen-bond donors (Lipinski definition) is 0. The lowest BCUT2D eigenvalue weighted by Crippen LogP contribution is -2.42. The van der Waals surface area contributed by atoms with E-state index < -0.39 is 5.82 Å². The highest BCUT2D eigenvalue weighted by molar-refractivity contribution is 6.29. The van der Waals surface area contributed by atoms with Gasteiger partial charge in [0.25, 0.3) is 5.88 Å². The molecule has 0 aliphatic carbocycles. The number of piperidine rings is 1. The van der Waals surface area contributed by atoms with E-state index in [-0.39, 0.29) is 12.0 Å². The predicted octanol–water partition coefficient (Wildman–Crippen LogP) is 3.11. The summed E-state index contributed by atoms with van der Waals surface area (Å²) in [5.41, 5.74) is 0.834. The van der Waals surface area contributed by atoms with Crippen LogP contribution >= 0.6 is 11.6 Å². The fourth-order valence-electron chi connectivity index (χ4n) is 3.19. The van der Waals surface area contributed by atoms with Gasteiger partial charge in [0.1, 0.15) is 11.3 Å². The zero-order valence-corrected chi connectivity index (χ0v) is 15.5.